The molecule has 5 unspecified atom stereocenters. The van der Waals surface area contributed by atoms with E-state index < -0.39 is 25.4 Å². The van der Waals surface area contributed by atoms with Crippen molar-refractivity contribution in [2.24, 2.45) is 0 Å². The lowest BCUT2D eigenvalue weighted by atomic mass is 10.1. The quantitative estimate of drug-likeness (QED) is 0.0522. The van der Waals surface area contributed by atoms with Crippen LogP contribution in [0, 0.1) is 0 Å². The van der Waals surface area contributed by atoms with Crippen LogP contribution in [-0.2, 0) is 30.0 Å². The van der Waals surface area contributed by atoms with Gasteiger partial charge in [0.2, 0.25) is 0 Å². The van der Waals surface area contributed by atoms with Crippen LogP contribution in [0.4, 0.5) is 0 Å². The molecule has 6 nitrogen and oxygen atoms in total. The molecule has 0 aromatic heterocycles. The minimum Gasteiger partial charge on any atom is -0.455 e. The number of unbranched alkanes of at least 4 members (excludes halogenated alkanes) is 13. The fraction of sp³-hybridized carbons (Fsp3) is 0.806. The van der Waals surface area contributed by atoms with Gasteiger partial charge in [-0.05, 0) is 49.0 Å². The second kappa shape index (κ2) is 26.1. The van der Waals surface area contributed by atoms with Gasteiger partial charge in [-0.2, -0.15) is 11.8 Å². The molecule has 1 rings (SSSR count). The van der Waals surface area contributed by atoms with Gasteiger partial charge < -0.3 is 14.6 Å². The Labute approximate surface area is 275 Å². The lowest BCUT2D eigenvalue weighted by molar-refractivity contribution is -0.172. The van der Waals surface area contributed by atoms with Crippen LogP contribution >= 0.6 is 19.8 Å². The predicted molar refractivity (Wildman–Crippen MR) is 187 cm³/mol. The maximum atomic E-state index is 13.3. The van der Waals surface area contributed by atoms with E-state index in [9.17, 15) is 14.5 Å². The van der Waals surface area contributed by atoms with Crippen LogP contribution in [0.25, 0.3) is 0 Å². The SMILES string of the molecule is CCCCCCCCCCCSC(CCCCCCCC)C(C)OC(C)C(O)(C(=O)OCc1ccccc1)[P+](=O)OCCC. The molecule has 8 heteroatoms. The summed E-state index contributed by atoms with van der Waals surface area (Å²) in [4.78, 5) is 13.3. The molecule has 0 aliphatic rings. The minimum atomic E-state index is -2.79. The zero-order valence-corrected chi connectivity index (χ0v) is 30.3. The van der Waals surface area contributed by atoms with E-state index in [0.29, 0.717) is 6.42 Å². The average molecular weight is 656 g/mol. The molecule has 5 atom stereocenters. The molecular weight excluding hydrogens is 591 g/mol. The summed E-state index contributed by atoms with van der Waals surface area (Å²) >= 11 is 1.94. The van der Waals surface area contributed by atoms with Crippen LogP contribution in [0.2, 0.25) is 0 Å². The van der Waals surface area contributed by atoms with E-state index in [4.69, 9.17) is 14.0 Å². The minimum absolute atomic E-state index is 0.0313. The molecule has 1 aromatic carbocycles. The van der Waals surface area contributed by atoms with Crippen LogP contribution in [0.5, 0.6) is 0 Å². The van der Waals surface area contributed by atoms with E-state index in [0.717, 1.165) is 24.2 Å². The first-order chi connectivity index (χ1) is 21.3. The van der Waals surface area contributed by atoms with Crippen molar-refractivity contribution in [1.82, 2.24) is 0 Å². The lowest BCUT2D eigenvalue weighted by Crippen LogP contribution is -2.49. The first-order valence-electron chi connectivity index (χ1n) is 17.6. The highest BCUT2D eigenvalue weighted by Crippen LogP contribution is 2.44. The van der Waals surface area contributed by atoms with Crippen LogP contribution in [0.1, 0.15) is 149 Å². The molecule has 0 amide bonds. The van der Waals surface area contributed by atoms with E-state index in [2.05, 4.69) is 13.8 Å². The smallest absolute Gasteiger partial charge is 0.455 e. The summed E-state index contributed by atoms with van der Waals surface area (Å²) in [5.41, 5.74) is 0.779. The number of thioether (sulfide) groups is 1. The Kier molecular flexibility index (Phi) is 24.4. The number of aliphatic hydroxyl groups is 1. The van der Waals surface area contributed by atoms with Gasteiger partial charge in [-0.25, -0.2) is 4.79 Å². The standard InChI is InChI=1S/C36H64O6PS/c1-6-9-11-13-15-16-17-19-24-29-44-34(27-23-18-14-12-10-7-2)31(4)42-32(5)36(38,43(39)41-28-8-3)35(37)40-30-33-25-21-20-22-26-33/h20-22,25-26,31-32,34,38H,6-19,23-24,27-30H2,1-5H3/q+1. The summed E-state index contributed by atoms with van der Waals surface area (Å²) in [6, 6.07) is 9.25. The Morgan fingerprint density at radius 2 is 1.36 bits per heavy atom. The first kappa shape index (κ1) is 41.0. The van der Waals surface area contributed by atoms with Crippen LogP contribution in [-0.4, -0.2) is 46.2 Å². The summed E-state index contributed by atoms with van der Waals surface area (Å²) < 4.78 is 30.5. The Hall–Kier alpha value is -0.980. The molecule has 0 bridgehead atoms. The van der Waals surface area contributed by atoms with Crippen molar-refractivity contribution in [3.05, 3.63) is 35.9 Å². The van der Waals surface area contributed by atoms with E-state index in [-0.39, 0.29) is 24.6 Å². The molecule has 1 N–H and O–H groups in total. The second-order valence-electron chi connectivity index (χ2n) is 12.2. The average Bonchev–Trinajstić information content (AvgIpc) is 3.03. The molecule has 0 radical (unpaired) electrons. The molecule has 0 aliphatic heterocycles. The van der Waals surface area contributed by atoms with Crippen molar-refractivity contribution in [1.29, 1.82) is 0 Å². The van der Waals surface area contributed by atoms with E-state index >= 15 is 0 Å². The lowest BCUT2D eigenvalue weighted by Gasteiger charge is -2.29. The Morgan fingerprint density at radius 3 is 1.93 bits per heavy atom. The van der Waals surface area contributed by atoms with Gasteiger partial charge >= 0.3 is 19.3 Å². The fourth-order valence-electron chi connectivity index (χ4n) is 5.22. The maximum Gasteiger partial charge on any atom is 0.559 e. The van der Waals surface area contributed by atoms with Gasteiger partial charge in [0.1, 0.15) is 19.3 Å². The van der Waals surface area contributed by atoms with E-state index in [1.807, 2.05) is 55.9 Å². The Balaban J connectivity index is 2.81. The third-order valence-corrected chi connectivity index (χ3v) is 11.2. The number of benzene rings is 1. The molecule has 254 valence electrons. The fourth-order valence-corrected chi connectivity index (χ4v) is 7.68. The third-order valence-electron chi connectivity index (χ3n) is 8.14. The highest BCUT2D eigenvalue weighted by Gasteiger charge is 2.64. The van der Waals surface area contributed by atoms with Crippen molar-refractivity contribution in [2.75, 3.05) is 12.4 Å². The Morgan fingerprint density at radius 1 is 0.818 bits per heavy atom. The number of hydrogen-bond donors (Lipinski definition) is 1. The van der Waals surface area contributed by atoms with Crippen LogP contribution < -0.4 is 0 Å². The number of esters is 1. The van der Waals surface area contributed by atoms with Crippen molar-refractivity contribution < 1.29 is 28.5 Å². The van der Waals surface area contributed by atoms with Gasteiger partial charge in [-0.15, -0.1) is 4.52 Å². The van der Waals surface area contributed by atoms with Crippen molar-refractivity contribution in [2.45, 2.75) is 173 Å². The monoisotopic (exact) mass is 655 g/mol. The molecule has 44 heavy (non-hydrogen) atoms. The van der Waals surface area contributed by atoms with E-state index in [1.165, 1.54) is 89.9 Å². The van der Waals surface area contributed by atoms with Crippen molar-refractivity contribution >= 4 is 25.8 Å². The molecule has 1 aromatic rings. The second-order valence-corrected chi connectivity index (χ2v) is 15.0. The van der Waals surface area contributed by atoms with Crippen LogP contribution in [0.15, 0.2) is 30.3 Å². The van der Waals surface area contributed by atoms with Crippen molar-refractivity contribution in [3.63, 3.8) is 0 Å². The van der Waals surface area contributed by atoms with Gasteiger partial charge in [0.15, 0.2) is 0 Å². The number of ether oxygens (including phenoxy) is 2. The number of carbonyl (C=O) groups is 1. The van der Waals surface area contributed by atoms with Gasteiger partial charge in [0.05, 0.1) is 6.10 Å². The van der Waals surface area contributed by atoms with Crippen molar-refractivity contribution in [3.8, 4) is 0 Å². The maximum absolute atomic E-state index is 13.3. The van der Waals surface area contributed by atoms with E-state index in [1.54, 1.807) is 6.92 Å². The highest BCUT2D eigenvalue weighted by atomic mass is 32.2. The van der Waals surface area contributed by atoms with Gasteiger partial charge in [-0.1, -0.05) is 141 Å². The predicted octanol–water partition coefficient (Wildman–Crippen LogP) is 10.8. The number of hydrogen-bond acceptors (Lipinski definition) is 7. The molecular formula is C36H64O6PS+. The summed E-state index contributed by atoms with van der Waals surface area (Å²) in [6.45, 7) is 10.1. The number of rotatable bonds is 29. The van der Waals surface area contributed by atoms with Gasteiger partial charge in [0, 0.05) is 5.25 Å². The Bertz CT molecular complexity index is 856. The highest BCUT2D eigenvalue weighted by molar-refractivity contribution is 7.99. The largest absolute Gasteiger partial charge is 0.559 e. The summed E-state index contributed by atoms with van der Waals surface area (Å²) in [6.07, 6.45) is 19.4. The summed E-state index contributed by atoms with van der Waals surface area (Å²) in [5.74, 6) is 0.0865. The zero-order chi connectivity index (χ0) is 32.5. The first-order valence-corrected chi connectivity index (χ1v) is 19.8. The molecule has 0 heterocycles. The van der Waals surface area contributed by atoms with Crippen LogP contribution in [0.3, 0.4) is 0 Å². The molecule has 0 saturated carbocycles. The summed E-state index contributed by atoms with van der Waals surface area (Å²) in [5, 5.41) is 9.41. The third kappa shape index (κ3) is 17.1. The zero-order valence-electron chi connectivity index (χ0n) is 28.6. The number of carbonyl (C=O) groups excluding carboxylic acids is 1. The molecule has 0 spiro atoms. The molecule has 0 fully saturated rings. The molecule has 0 saturated heterocycles. The normalized spacial score (nSPS) is 15.4. The van der Waals surface area contributed by atoms with Gasteiger partial charge in [-0.3, -0.25) is 0 Å². The molecule has 0 aliphatic carbocycles. The topological polar surface area (TPSA) is 82.1 Å². The summed E-state index contributed by atoms with van der Waals surface area (Å²) in [7, 11) is -2.79. The van der Waals surface area contributed by atoms with Gasteiger partial charge in [0.25, 0.3) is 0 Å².